The van der Waals surface area contributed by atoms with Crippen molar-refractivity contribution in [2.75, 3.05) is 35.2 Å². The van der Waals surface area contributed by atoms with Crippen molar-refractivity contribution in [3.8, 4) is 11.1 Å². The van der Waals surface area contributed by atoms with E-state index in [4.69, 9.17) is 10.7 Å². The van der Waals surface area contributed by atoms with Gasteiger partial charge in [-0.1, -0.05) is 19.9 Å². The molecule has 1 atom stereocenters. The quantitative estimate of drug-likeness (QED) is 0.648. The second-order valence-corrected chi connectivity index (χ2v) is 11.0. The van der Waals surface area contributed by atoms with Gasteiger partial charge in [0, 0.05) is 36.0 Å². The topological polar surface area (TPSA) is 106 Å². The van der Waals surface area contributed by atoms with Crippen molar-refractivity contribution in [1.82, 2.24) is 19.6 Å². The van der Waals surface area contributed by atoms with Gasteiger partial charge in [0.1, 0.15) is 11.6 Å². The van der Waals surface area contributed by atoms with Crippen molar-refractivity contribution in [3.63, 3.8) is 0 Å². The zero-order valence-corrected chi connectivity index (χ0v) is 19.3. The minimum Gasteiger partial charge on any atom is -0.383 e. The van der Waals surface area contributed by atoms with Gasteiger partial charge in [-0.25, -0.2) is 13.4 Å². The Hall–Kier alpha value is -2.94. The van der Waals surface area contributed by atoms with E-state index >= 15 is 0 Å². The van der Waals surface area contributed by atoms with E-state index in [1.165, 1.54) is 5.56 Å². The Morgan fingerprint density at radius 1 is 1.22 bits per heavy atom. The Labute approximate surface area is 188 Å². The molecule has 1 fully saturated rings. The Balaban J connectivity index is 1.66. The van der Waals surface area contributed by atoms with Gasteiger partial charge in [0.15, 0.2) is 15.5 Å². The summed E-state index contributed by atoms with van der Waals surface area (Å²) >= 11 is 0. The lowest BCUT2D eigenvalue weighted by Crippen LogP contribution is -2.41. The van der Waals surface area contributed by atoms with Crippen LogP contribution in [0.5, 0.6) is 0 Å². The largest absolute Gasteiger partial charge is 0.383 e. The molecular weight excluding hydrogens is 424 g/mol. The molecule has 2 aliphatic rings. The molecule has 3 aromatic heterocycles. The summed E-state index contributed by atoms with van der Waals surface area (Å²) in [6.45, 7) is 5.07. The standard InChI is InChI=1S/C23H28N6O2S/c1-3-15(2)20-21(24)29-22(27-23(20)28-8-10-32(30,31)11-9-28)18(14-26-29)17-12-16-6-4-5-7-19(16)25-13-17/h5,7,12-15H,3-4,6,8-11,24H2,1-2H3. The fraction of sp³-hybridized carbons (Fsp3) is 0.435. The van der Waals surface area contributed by atoms with Crippen molar-refractivity contribution in [2.24, 2.45) is 0 Å². The van der Waals surface area contributed by atoms with E-state index in [0.717, 1.165) is 47.5 Å². The van der Waals surface area contributed by atoms with Crippen LogP contribution in [0.25, 0.3) is 22.9 Å². The molecule has 4 heterocycles. The summed E-state index contributed by atoms with van der Waals surface area (Å²) in [7, 11) is -3.00. The number of nitrogens with zero attached hydrogens (tertiary/aromatic N) is 5. The molecule has 9 heteroatoms. The van der Waals surface area contributed by atoms with Gasteiger partial charge in [-0.05, 0) is 42.9 Å². The fourth-order valence-corrected chi connectivity index (χ4v) is 5.71. The van der Waals surface area contributed by atoms with E-state index in [9.17, 15) is 8.42 Å². The first kappa shape index (κ1) is 20.9. The van der Waals surface area contributed by atoms with Gasteiger partial charge in [-0.2, -0.15) is 9.61 Å². The summed E-state index contributed by atoms with van der Waals surface area (Å²) in [6.07, 6.45) is 10.7. The number of fused-ring (bicyclic) bond motifs is 2. The van der Waals surface area contributed by atoms with Crippen LogP contribution in [0, 0.1) is 0 Å². The molecule has 0 radical (unpaired) electrons. The highest BCUT2D eigenvalue weighted by Crippen LogP contribution is 2.37. The molecule has 0 amide bonds. The number of allylic oxidation sites excluding steroid dienone is 1. The average molecular weight is 453 g/mol. The van der Waals surface area contributed by atoms with Crippen molar-refractivity contribution < 1.29 is 8.42 Å². The molecule has 1 aliphatic heterocycles. The molecule has 1 saturated heterocycles. The van der Waals surface area contributed by atoms with Gasteiger partial charge >= 0.3 is 0 Å². The van der Waals surface area contributed by atoms with Gasteiger partial charge in [0.2, 0.25) is 0 Å². The van der Waals surface area contributed by atoms with E-state index in [2.05, 4.69) is 47.0 Å². The third kappa shape index (κ3) is 3.54. The van der Waals surface area contributed by atoms with Crippen molar-refractivity contribution in [1.29, 1.82) is 0 Å². The van der Waals surface area contributed by atoms with Crippen LogP contribution >= 0.6 is 0 Å². The molecule has 1 aliphatic carbocycles. The molecule has 0 aromatic carbocycles. The number of sulfone groups is 1. The van der Waals surface area contributed by atoms with Gasteiger partial charge in [-0.15, -0.1) is 0 Å². The summed E-state index contributed by atoms with van der Waals surface area (Å²) in [5.41, 5.74) is 12.3. The van der Waals surface area contributed by atoms with Gasteiger partial charge in [0.05, 0.1) is 23.4 Å². The van der Waals surface area contributed by atoms with Crippen LogP contribution in [-0.4, -0.2) is 52.6 Å². The summed E-state index contributed by atoms with van der Waals surface area (Å²) in [4.78, 5) is 11.7. The van der Waals surface area contributed by atoms with Crippen LogP contribution in [0.1, 0.15) is 49.4 Å². The second kappa shape index (κ2) is 7.88. The third-order valence-electron chi connectivity index (χ3n) is 6.62. The molecular formula is C23H28N6O2S. The number of hydrogen-bond acceptors (Lipinski definition) is 7. The summed E-state index contributed by atoms with van der Waals surface area (Å²) in [6, 6.07) is 2.16. The van der Waals surface area contributed by atoms with E-state index in [1.54, 1.807) is 10.7 Å². The lowest BCUT2D eigenvalue weighted by Gasteiger charge is -2.31. The number of aromatic nitrogens is 4. The number of nitrogen functional groups attached to an aromatic ring is 1. The van der Waals surface area contributed by atoms with Crippen LogP contribution in [0.3, 0.4) is 0 Å². The Morgan fingerprint density at radius 2 is 2.00 bits per heavy atom. The maximum atomic E-state index is 12.0. The number of nitrogens with two attached hydrogens (primary N) is 1. The number of anilines is 2. The first-order chi connectivity index (χ1) is 15.4. The average Bonchev–Trinajstić information content (AvgIpc) is 3.22. The van der Waals surface area contributed by atoms with E-state index in [1.807, 2.05) is 6.20 Å². The molecule has 0 bridgehead atoms. The number of pyridine rings is 1. The monoisotopic (exact) mass is 452 g/mol. The summed E-state index contributed by atoms with van der Waals surface area (Å²) in [5, 5.41) is 4.57. The molecule has 32 heavy (non-hydrogen) atoms. The molecule has 8 nitrogen and oxygen atoms in total. The maximum absolute atomic E-state index is 12.0. The number of hydrogen-bond donors (Lipinski definition) is 1. The van der Waals surface area contributed by atoms with Crippen molar-refractivity contribution in [2.45, 2.75) is 39.0 Å². The molecule has 3 aromatic rings. The van der Waals surface area contributed by atoms with Gasteiger partial charge < -0.3 is 10.6 Å². The normalized spacial score (nSPS) is 18.6. The zero-order valence-electron chi connectivity index (χ0n) is 18.5. The molecule has 168 valence electrons. The maximum Gasteiger partial charge on any atom is 0.167 e. The van der Waals surface area contributed by atoms with E-state index < -0.39 is 9.84 Å². The van der Waals surface area contributed by atoms with E-state index in [-0.39, 0.29) is 17.4 Å². The lowest BCUT2D eigenvalue weighted by molar-refractivity contribution is 0.585. The first-order valence-electron chi connectivity index (χ1n) is 11.2. The molecule has 2 N–H and O–H groups in total. The minimum atomic E-state index is -3.00. The van der Waals surface area contributed by atoms with Crippen LogP contribution < -0.4 is 10.6 Å². The highest BCUT2D eigenvalue weighted by Gasteiger charge is 2.28. The molecule has 0 saturated carbocycles. The fourth-order valence-electron chi connectivity index (χ4n) is 4.51. The van der Waals surface area contributed by atoms with Gasteiger partial charge in [-0.3, -0.25) is 4.98 Å². The predicted molar refractivity (Wildman–Crippen MR) is 128 cm³/mol. The molecule has 1 unspecified atom stereocenters. The van der Waals surface area contributed by atoms with Crippen molar-refractivity contribution in [3.05, 3.63) is 41.4 Å². The predicted octanol–water partition coefficient (Wildman–Crippen LogP) is 3.08. The highest BCUT2D eigenvalue weighted by molar-refractivity contribution is 7.91. The lowest BCUT2D eigenvalue weighted by atomic mass is 9.98. The summed E-state index contributed by atoms with van der Waals surface area (Å²) in [5.74, 6) is 1.77. The second-order valence-electron chi connectivity index (χ2n) is 8.69. The Morgan fingerprint density at radius 3 is 2.75 bits per heavy atom. The first-order valence-corrected chi connectivity index (χ1v) is 13.0. The van der Waals surface area contributed by atoms with E-state index in [0.29, 0.717) is 24.6 Å². The highest BCUT2D eigenvalue weighted by atomic mass is 32.2. The third-order valence-corrected chi connectivity index (χ3v) is 8.23. The number of aryl methyl sites for hydroxylation is 1. The smallest absolute Gasteiger partial charge is 0.167 e. The van der Waals surface area contributed by atoms with Crippen LogP contribution in [0.2, 0.25) is 0 Å². The van der Waals surface area contributed by atoms with Crippen LogP contribution in [0.15, 0.2) is 24.5 Å². The van der Waals surface area contributed by atoms with Crippen molar-refractivity contribution >= 4 is 33.2 Å². The SMILES string of the molecule is CCC(C)c1c(N2CCS(=O)(=O)CC2)nc2c(-c3cnc4c(c3)CCC=C4)cnn2c1N. The molecule has 0 spiro atoms. The Bertz CT molecular complexity index is 1310. The zero-order chi connectivity index (χ0) is 22.5. The minimum absolute atomic E-state index is 0.133. The molecule has 5 rings (SSSR count). The Kier molecular flexibility index (Phi) is 5.16. The number of rotatable bonds is 4. The summed E-state index contributed by atoms with van der Waals surface area (Å²) < 4.78 is 25.7. The van der Waals surface area contributed by atoms with Crippen LogP contribution in [0.4, 0.5) is 11.6 Å². The van der Waals surface area contributed by atoms with Gasteiger partial charge in [0.25, 0.3) is 0 Å². The van der Waals surface area contributed by atoms with Crippen LogP contribution in [-0.2, 0) is 16.3 Å².